The highest BCUT2D eigenvalue weighted by atomic mass is 16.6. The van der Waals surface area contributed by atoms with Gasteiger partial charge in [-0.05, 0) is 63.5 Å². The molecule has 4 aliphatic rings. The van der Waals surface area contributed by atoms with Gasteiger partial charge in [-0.2, -0.15) is 0 Å². The fraction of sp³-hybridized carbons (Fsp3) is 0.558. The summed E-state index contributed by atoms with van der Waals surface area (Å²) in [6.07, 6.45) is -11.5. The zero-order valence-electron chi connectivity index (χ0n) is 33.9. The van der Waals surface area contributed by atoms with E-state index in [9.17, 15) is 44.4 Å². The highest BCUT2D eigenvalue weighted by molar-refractivity contribution is 5.94. The largest absolute Gasteiger partial charge is 0.456 e. The number of ether oxygens (including phenoxy) is 5. The Morgan fingerprint density at radius 3 is 2.10 bits per heavy atom. The molecule has 2 saturated carbocycles. The summed E-state index contributed by atoms with van der Waals surface area (Å²) in [6, 6.07) is 14.6. The number of hydrogen-bond acceptors (Lipinski definition) is 14. The van der Waals surface area contributed by atoms with E-state index in [1.54, 1.807) is 83.1 Å². The number of hydrogen-bond donors (Lipinski definition) is 5. The van der Waals surface area contributed by atoms with Crippen LogP contribution in [-0.2, 0) is 38.1 Å². The number of carbonyl (C=O) groups excluding carboxylic acids is 5. The van der Waals surface area contributed by atoms with Crippen molar-refractivity contribution in [1.82, 2.24) is 5.32 Å². The third-order valence-electron chi connectivity index (χ3n) is 12.6. The average molecular weight is 808 g/mol. The minimum absolute atomic E-state index is 0.0637. The molecule has 0 radical (unpaired) electrons. The van der Waals surface area contributed by atoms with Crippen molar-refractivity contribution in [3.8, 4) is 0 Å². The van der Waals surface area contributed by atoms with Gasteiger partial charge in [0.25, 0.3) is 0 Å². The van der Waals surface area contributed by atoms with Crippen LogP contribution in [0.1, 0.15) is 90.2 Å². The number of rotatable bonds is 8. The van der Waals surface area contributed by atoms with E-state index in [0.29, 0.717) is 5.56 Å². The van der Waals surface area contributed by atoms with Crippen molar-refractivity contribution >= 4 is 29.8 Å². The summed E-state index contributed by atoms with van der Waals surface area (Å²) in [7, 11) is 0. The maximum atomic E-state index is 14.9. The standard InChI is InChI=1S/C43H53NO14/c1-22-26(55-37(51)32(48)30(24-15-11-9-12-16-24)44-38(52)58-39(3,4)5)20-43(53)35(56-36(50)25-17-13-10-14-18-25)33-41(8,34(49)31(47)29(22)40(43,6)7)27(46)19-28-42(33,21-54-28)57-23(2)45/h9-18,26-28,30-33,35,46-48,53H,19-21H2,1-8H3,(H,44,52)/t26-,27-,28+,30-,31+,32+,33?,35-,41+,42-,43-/m0/s1. The van der Waals surface area contributed by atoms with Gasteiger partial charge in [0.2, 0.25) is 0 Å². The van der Waals surface area contributed by atoms with Crippen LogP contribution < -0.4 is 5.32 Å². The van der Waals surface area contributed by atoms with E-state index in [2.05, 4.69) is 5.32 Å². The van der Waals surface area contributed by atoms with Crippen molar-refractivity contribution in [1.29, 1.82) is 0 Å². The van der Waals surface area contributed by atoms with Gasteiger partial charge in [-0.1, -0.05) is 62.4 Å². The maximum absolute atomic E-state index is 14.9. The molecule has 314 valence electrons. The number of fused-ring (bicyclic) bond motifs is 5. The van der Waals surface area contributed by atoms with Gasteiger partial charge in [0.05, 0.1) is 35.6 Å². The topological polar surface area (TPSA) is 224 Å². The van der Waals surface area contributed by atoms with E-state index in [0.717, 1.165) is 6.92 Å². The zero-order valence-corrected chi connectivity index (χ0v) is 33.9. The highest BCUT2D eigenvalue weighted by Gasteiger charge is 2.78. The van der Waals surface area contributed by atoms with Crippen molar-refractivity contribution in [3.05, 3.63) is 82.9 Å². The molecular formula is C43H53NO14. The average Bonchev–Trinajstić information content (AvgIpc) is 3.14. The second-order valence-electron chi connectivity index (χ2n) is 17.6. The van der Waals surface area contributed by atoms with Gasteiger partial charge in [-0.15, -0.1) is 0 Å². The first-order valence-corrected chi connectivity index (χ1v) is 19.3. The van der Waals surface area contributed by atoms with Gasteiger partial charge in [-0.25, -0.2) is 14.4 Å². The third kappa shape index (κ3) is 7.10. The Balaban J connectivity index is 1.49. The van der Waals surface area contributed by atoms with Gasteiger partial charge in [0, 0.05) is 25.2 Å². The van der Waals surface area contributed by atoms with Gasteiger partial charge in [0.15, 0.2) is 17.5 Å². The molecule has 2 aromatic rings. The molecule has 58 heavy (non-hydrogen) atoms. The quantitative estimate of drug-likeness (QED) is 0.147. The molecule has 3 fully saturated rings. The molecule has 1 amide bonds. The summed E-state index contributed by atoms with van der Waals surface area (Å²) >= 11 is 0. The number of carbonyl (C=O) groups is 5. The van der Waals surface area contributed by atoms with Crippen molar-refractivity contribution in [3.63, 3.8) is 0 Å². The van der Waals surface area contributed by atoms with Gasteiger partial charge in [0.1, 0.15) is 35.6 Å². The molecule has 1 heterocycles. The summed E-state index contributed by atoms with van der Waals surface area (Å²) in [4.78, 5) is 68.9. The summed E-state index contributed by atoms with van der Waals surface area (Å²) in [6.45, 7) is 11.8. The Hall–Kier alpha value is -4.67. The van der Waals surface area contributed by atoms with Crippen LogP contribution in [-0.4, -0.2) is 110 Å². The summed E-state index contributed by atoms with van der Waals surface area (Å²) in [5.74, 6) is -5.36. The van der Waals surface area contributed by atoms with E-state index in [4.69, 9.17) is 23.7 Å². The molecule has 15 heteroatoms. The molecule has 6 rings (SSSR count). The molecule has 15 nitrogen and oxygen atoms in total. The SMILES string of the molecule is CC(=O)O[C@@]12CO[C@@H]1C[C@H](O)[C@@]1(C)C(=O)[C@H](O)C3=C(C)[C@@H](OC(=O)[C@H](O)[C@@H](NC(=O)OC(C)(C)C)c4ccccc4)C[C@](O)([C@@H](OC(=O)c4ccccc4)C12)C3(C)C. The summed E-state index contributed by atoms with van der Waals surface area (Å²) in [5, 5.41) is 51.6. The van der Waals surface area contributed by atoms with Crippen LogP contribution in [0.15, 0.2) is 71.8 Å². The zero-order chi connectivity index (χ0) is 42.7. The predicted octanol–water partition coefficient (Wildman–Crippen LogP) is 3.26. The van der Waals surface area contributed by atoms with Crippen molar-refractivity contribution < 1.29 is 68.1 Å². The Kier molecular flexibility index (Phi) is 11.2. The molecule has 5 N–H and O–H groups in total. The molecule has 2 aromatic carbocycles. The lowest BCUT2D eigenvalue weighted by Gasteiger charge is -2.67. The smallest absolute Gasteiger partial charge is 0.408 e. The minimum Gasteiger partial charge on any atom is -0.456 e. The fourth-order valence-corrected chi connectivity index (χ4v) is 9.56. The van der Waals surface area contributed by atoms with E-state index in [-0.39, 0.29) is 29.7 Å². The second-order valence-corrected chi connectivity index (χ2v) is 17.6. The molecule has 1 saturated heterocycles. The predicted molar refractivity (Wildman–Crippen MR) is 204 cm³/mol. The molecule has 2 bridgehead atoms. The van der Waals surface area contributed by atoms with Gasteiger partial charge < -0.3 is 49.4 Å². The number of aliphatic hydroxyl groups excluding tert-OH is 3. The summed E-state index contributed by atoms with van der Waals surface area (Å²) < 4.78 is 29.5. The van der Waals surface area contributed by atoms with E-state index < -0.39 is 112 Å². The fourth-order valence-electron chi connectivity index (χ4n) is 9.56. The van der Waals surface area contributed by atoms with Gasteiger partial charge in [-0.3, -0.25) is 9.59 Å². The van der Waals surface area contributed by atoms with E-state index in [1.165, 1.54) is 26.0 Å². The van der Waals surface area contributed by atoms with Crippen LogP contribution in [0, 0.1) is 16.7 Å². The normalized spacial score (nSPS) is 33.7. The van der Waals surface area contributed by atoms with Crippen LogP contribution >= 0.6 is 0 Å². The first kappa shape index (κ1) is 42.9. The first-order valence-electron chi connectivity index (χ1n) is 19.3. The van der Waals surface area contributed by atoms with E-state index >= 15 is 0 Å². The van der Waals surface area contributed by atoms with Crippen LogP contribution in [0.4, 0.5) is 4.79 Å². The molecule has 11 atom stereocenters. The number of aliphatic hydroxyl groups is 4. The molecular weight excluding hydrogens is 754 g/mol. The number of esters is 3. The first-order chi connectivity index (χ1) is 27.0. The van der Waals surface area contributed by atoms with Crippen molar-refractivity contribution in [2.24, 2.45) is 16.7 Å². The number of nitrogens with one attached hydrogen (secondary N) is 1. The lowest BCUT2D eigenvalue weighted by Crippen LogP contribution is -2.81. The monoisotopic (exact) mass is 807 g/mol. The number of alkyl carbamates (subject to hydrolysis) is 1. The molecule has 1 unspecified atom stereocenters. The van der Waals surface area contributed by atoms with Crippen molar-refractivity contribution in [2.45, 2.75) is 128 Å². The Bertz CT molecular complexity index is 1980. The summed E-state index contributed by atoms with van der Waals surface area (Å²) in [5.41, 5.74) is -8.14. The number of amides is 1. The second kappa shape index (κ2) is 15.2. The Labute approximate surface area is 336 Å². The van der Waals surface area contributed by atoms with Crippen molar-refractivity contribution in [2.75, 3.05) is 6.61 Å². The highest BCUT2D eigenvalue weighted by Crippen LogP contribution is 2.64. The number of benzene rings is 2. The lowest BCUT2D eigenvalue weighted by atomic mass is 9.44. The van der Waals surface area contributed by atoms with Crippen LogP contribution in [0.25, 0.3) is 0 Å². The van der Waals surface area contributed by atoms with Crippen LogP contribution in [0.2, 0.25) is 0 Å². The Morgan fingerprint density at radius 2 is 1.55 bits per heavy atom. The minimum atomic E-state index is -2.35. The molecule has 0 spiro atoms. The third-order valence-corrected chi connectivity index (χ3v) is 12.6. The van der Waals surface area contributed by atoms with E-state index in [1.807, 2.05) is 0 Å². The Morgan fingerprint density at radius 1 is 0.948 bits per heavy atom. The molecule has 1 aliphatic heterocycles. The molecule has 3 aliphatic carbocycles. The maximum Gasteiger partial charge on any atom is 0.408 e. The van der Waals surface area contributed by atoms with Crippen LogP contribution in [0.3, 0.4) is 0 Å². The molecule has 0 aromatic heterocycles. The number of ketones is 1. The van der Waals surface area contributed by atoms with Crippen LogP contribution in [0.5, 0.6) is 0 Å². The lowest BCUT2D eigenvalue weighted by molar-refractivity contribution is -0.346. The number of Topliss-reactive ketones (excluding diaryl/α,β-unsaturated/α-hetero) is 1. The van der Waals surface area contributed by atoms with Gasteiger partial charge >= 0.3 is 24.0 Å².